The zero-order valence-electron chi connectivity index (χ0n) is 13.8. The Hall–Kier alpha value is -2.05. The van der Waals surface area contributed by atoms with E-state index in [0.29, 0.717) is 18.7 Å². The van der Waals surface area contributed by atoms with Crippen LogP contribution in [0.15, 0.2) is 53.4 Å². The molecule has 1 aliphatic rings. The summed E-state index contributed by atoms with van der Waals surface area (Å²) in [6.07, 6.45) is -0.0702. The van der Waals surface area contributed by atoms with Gasteiger partial charge in [-0.25, -0.2) is 9.78 Å². The third-order valence-corrected chi connectivity index (χ3v) is 6.13. The highest BCUT2D eigenvalue weighted by Crippen LogP contribution is 2.32. The molecule has 1 saturated heterocycles. The molecule has 1 fully saturated rings. The van der Waals surface area contributed by atoms with E-state index in [2.05, 4.69) is 22.9 Å². The van der Waals surface area contributed by atoms with Crippen LogP contribution in [0.5, 0.6) is 0 Å². The fourth-order valence-electron chi connectivity index (χ4n) is 2.80. The molecule has 0 N–H and O–H groups in total. The predicted molar refractivity (Wildman–Crippen MR) is 104 cm³/mol. The molecular weight excluding hydrogens is 352 g/mol. The van der Waals surface area contributed by atoms with Crippen LogP contribution in [0.1, 0.15) is 17.3 Å². The fraction of sp³-hybridized carbons (Fsp3) is 0.263. The Kier molecular flexibility index (Phi) is 4.63. The lowest BCUT2D eigenvalue weighted by Crippen LogP contribution is -2.53. The normalized spacial score (nSPS) is 14.5. The minimum atomic E-state index is -0.231. The lowest BCUT2D eigenvalue weighted by Gasteiger charge is -2.38. The van der Waals surface area contributed by atoms with Gasteiger partial charge in [0.2, 0.25) is 0 Å². The number of rotatable bonds is 5. The van der Waals surface area contributed by atoms with Crippen molar-refractivity contribution in [2.45, 2.75) is 17.9 Å². The number of ether oxygens (including phenoxy) is 1. The number of aromatic nitrogens is 1. The number of thioether (sulfide) groups is 1. The van der Waals surface area contributed by atoms with Crippen LogP contribution in [0.25, 0.3) is 10.2 Å². The van der Waals surface area contributed by atoms with Gasteiger partial charge in [0.05, 0.1) is 28.9 Å². The highest BCUT2D eigenvalue weighted by molar-refractivity contribution is 7.99. The van der Waals surface area contributed by atoms with Crippen LogP contribution in [-0.4, -0.2) is 35.9 Å². The Bertz CT molecular complexity index is 870. The van der Waals surface area contributed by atoms with Crippen molar-refractivity contribution >= 4 is 44.4 Å². The maximum absolute atomic E-state index is 12.5. The van der Waals surface area contributed by atoms with Gasteiger partial charge in [-0.2, -0.15) is 0 Å². The molecule has 6 heteroatoms. The molecule has 25 heavy (non-hydrogen) atoms. The third-order valence-electron chi connectivity index (χ3n) is 4.08. The van der Waals surface area contributed by atoms with Crippen molar-refractivity contribution in [3.05, 3.63) is 54.1 Å². The van der Waals surface area contributed by atoms with Crippen LogP contribution in [0, 0.1) is 0 Å². The summed E-state index contributed by atoms with van der Waals surface area (Å²) in [5.41, 5.74) is 1.68. The summed E-state index contributed by atoms with van der Waals surface area (Å²) in [5.74, 6) is 0.699. The fourth-order valence-corrected chi connectivity index (χ4v) is 4.57. The Labute approximate surface area is 154 Å². The van der Waals surface area contributed by atoms with Crippen molar-refractivity contribution in [2.75, 3.05) is 23.7 Å². The van der Waals surface area contributed by atoms with Gasteiger partial charge >= 0.3 is 5.97 Å². The second-order valence-electron chi connectivity index (χ2n) is 5.83. The highest BCUT2D eigenvalue weighted by Gasteiger charge is 2.32. The van der Waals surface area contributed by atoms with E-state index in [1.165, 1.54) is 4.70 Å². The standard InChI is InChI=1S/C19H18N2O2S2/c1-2-24-16-9-5-3-7-14(16)18(22)23-13-11-21(12-13)19-20-15-8-4-6-10-17(15)25-19/h3-10,13H,2,11-12H2,1H3. The summed E-state index contributed by atoms with van der Waals surface area (Å²) in [7, 11) is 0. The lowest BCUT2D eigenvalue weighted by molar-refractivity contribution is 0.0230. The summed E-state index contributed by atoms with van der Waals surface area (Å²) < 4.78 is 6.85. The van der Waals surface area contributed by atoms with Crippen molar-refractivity contribution in [1.29, 1.82) is 0 Å². The number of nitrogens with zero attached hydrogens (tertiary/aromatic N) is 2. The molecule has 0 radical (unpaired) electrons. The van der Waals surface area contributed by atoms with E-state index in [1.807, 2.05) is 42.5 Å². The van der Waals surface area contributed by atoms with Crippen molar-refractivity contribution in [3.8, 4) is 0 Å². The van der Waals surface area contributed by atoms with Gasteiger partial charge in [0.25, 0.3) is 0 Å². The smallest absolute Gasteiger partial charge is 0.339 e. The molecule has 128 valence electrons. The maximum atomic E-state index is 12.5. The van der Waals surface area contributed by atoms with Crippen molar-refractivity contribution < 1.29 is 9.53 Å². The number of benzene rings is 2. The quantitative estimate of drug-likeness (QED) is 0.490. The first-order chi connectivity index (χ1) is 12.2. The molecule has 0 aliphatic carbocycles. The zero-order chi connectivity index (χ0) is 17.2. The summed E-state index contributed by atoms with van der Waals surface area (Å²) >= 11 is 3.34. The van der Waals surface area contributed by atoms with Crippen molar-refractivity contribution in [3.63, 3.8) is 0 Å². The number of hydrogen-bond acceptors (Lipinski definition) is 6. The number of thiazole rings is 1. The molecule has 0 saturated carbocycles. The van der Waals surface area contributed by atoms with Crippen LogP contribution in [-0.2, 0) is 4.74 Å². The minimum absolute atomic E-state index is 0.0702. The van der Waals surface area contributed by atoms with Gasteiger partial charge in [-0.1, -0.05) is 42.5 Å². The van der Waals surface area contributed by atoms with Crippen LogP contribution in [0.4, 0.5) is 5.13 Å². The van der Waals surface area contributed by atoms with E-state index in [-0.39, 0.29) is 12.1 Å². The average Bonchev–Trinajstić information content (AvgIpc) is 3.01. The molecule has 2 heterocycles. The van der Waals surface area contributed by atoms with Crippen LogP contribution >= 0.6 is 23.1 Å². The Balaban J connectivity index is 1.39. The molecule has 0 unspecified atom stereocenters. The summed E-state index contributed by atoms with van der Waals surface area (Å²) in [6.45, 7) is 3.48. The molecule has 0 spiro atoms. The van der Waals surface area contributed by atoms with E-state index in [4.69, 9.17) is 4.74 Å². The number of hydrogen-bond donors (Lipinski definition) is 0. The SMILES string of the molecule is CCSc1ccccc1C(=O)OC1CN(c2nc3ccccc3s2)C1. The second kappa shape index (κ2) is 7.06. The van der Waals surface area contributed by atoms with E-state index in [9.17, 15) is 4.79 Å². The van der Waals surface area contributed by atoms with Gasteiger partial charge in [0, 0.05) is 4.90 Å². The number of fused-ring (bicyclic) bond motifs is 1. The molecule has 3 aromatic rings. The molecule has 1 aromatic heterocycles. The number of anilines is 1. The second-order valence-corrected chi connectivity index (χ2v) is 8.14. The molecular formula is C19H18N2O2S2. The average molecular weight is 370 g/mol. The number of esters is 1. The summed E-state index contributed by atoms with van der Waals surface area (Å²) in [4.78, 5) is 20.3. The Morgan fingerprint density at radius 1 is 1.24 bits per heavy atom. The van der Waals surface area contributed by atoms with E-state index >= 15 is 0 Å². The van der Waals surface area contributed by atoms with Gasteiger partial charge in [-0.3, -0.25) is 0 Å². The zero-order valence-corrected chi connectivity index (χ0v) is 15.5. The van der Waals surface area contributed by atoms with E-state index < -0.39 is 0 Å². The van der Waals surface area contributed by atoms with Crippen LogP contribution < -0.4 is 4.90 Å². The molecule has 0 amide bonds. The molecule has 1 aliphatic heterocycles. The lowest BCUT2D eigenvalue weighted by atomic mass is 10.2. The molecule has 4 nitrogen and oxygen atoms in total. The van der Waals surface area contributed by atoms with Gasteiger partial charge in [-0.15, -0.1) is 11.8 Å². The highest BCUT2D eigenvalue weighted by atomic mass is 32.2. The van der Waals surface area contributed by atoms with Crippen LogP contribution in [0.2, 0.25) is 0 Å². The largest absolute Gasteiger partial charge is 0.455 e. The molecule has 0 atom stereocenters. The number of carbonyl (C=O) groups excluding carboxylic acids is 1. The van der Waals surface area contributed by atoms with Crippen LogP contribution in [0.3, 0.4) is 0 Å². The molecule has 0 bridgehead atoms. The first kappa shape index (κ1) is 16.4. The van der Waals surface area contributed by atoms with Crippen molar-refractivity contribution in [2.24, 2.45) is 0 Å². The Morgan fingerprint density at radius 3 is 2.80 bits per heavy atom. The minimum Gasteiger partial charge on any atom is -0.455 e. The molecule has 2 aromatic carbocycles. The van der Waals surface area contributed by atoms with Gasteiger partial charge in [-0.05, 0) is 30.0 Å². The monoisotopic (exact) mass is 370 g/mol. The predicted octanol–water partition coefficient (Wildman–Crippen LogP) is 4.45. The number of carbonyl (C=O) groups is 1. The summed E-state index contributed by atoms with van der Waals surface area (Å²) in [6, 6.07) is 15.8. The first-order valence-corrected chi connectivity index (χ1v) is 10.1. The van der Waals surface area contributed by atoms with Crippen molar-refractivity contribution in [1.82, 2.24) is 4.98 Å². The maximum Gasteiger partial charge on any atom is 0.339 e. The Morgan fingerprint density at radius 2 is 2.00 bits per heavy atom. The van der Waals surface area contributed by atoms with E-state index in [1.54, 1.807) is 23.1 Å². The summed E-state index contributed by atoms with van der Waals surface area (Å²) in [5, 5.41) is 0.996. The first-order valence-electron chi connectivity index (χ1n) is 8.28. The van der Waals surface area contributed by atoms with Gasteiger partial charge < -0.3 is 9.64 Å². The molecule has 4 rings (SSSR count). The third kappa shape index (κ3) is 3.37. The van der Waals surface area contributed by atoms with E-state index in [0.717, 1.165) is 21.3 Å². The number of para-hydroxylation sites is 1. The van der Waals surface area contributed by atoms with Gasteiger partial charge in [0.15, 0.2) is 5.13 Å². The van der Waals surface area contributed by atoms with Gasteiger partial charge in [0.1, 0.15) is 6.10 Å². The topological polar surface area (TPSA) is 42.4 Å².